The number of rotatable bonds is 4. The predicted octanol–water partition coefficient (Wildman–Crippen LogP) is 2.20. The van der Waals surface area contributed by atoms with Crippen LogP contribution < -0.4 is 5.32 Å². The van der Waals surface area contributed by atoms with Crippen molar-refractivity contribution < 1.29 is 0 Å². The monoisotopic (exact) mass is 252 g/mol. The Morgan fingerprint density at radius 1 is 1.21 bits per heavy atom. The van der Waals surface area contributed by atoms with Gasteiger partial charge in [-0.15, -0.1) is 0 Å². The molecule has 0 radical (unpaired) electrons. The van der Waals surface area contributed by atoms with Crippen LogP contribution in [0.1, 0.15) is 11.3 Å². The number of nitrogens with one attached hydrogen (secondary N) is 1. The predicted molar refractivity (Wildman–Crippen MR) is 75.8 cm³/mol. The Morgan fingerprint density at radius 2 is 2.11 bits per heavy atom. The lowest BCUT2D eigenvalue weighted by Crippen LogP contribution is -2.11. The molecule has 1 N–H and O–H groups in total. The third-order valence-corrected chi connectivity index (χ3v) is 3.21. The molecule has 4 nitrogen and oxygen atoms in total. The van der Waals surface area contributed by atoms with Crippen LogP contribution in [0.15, 0.2) is 49.1 Å². The van der Waals surface area contributed by atoms with Crippen molar-refractivity contribution in [1.29, 1.82) is 0 Å². The summed E-state index contributed by atoms with van der Waals surface area (Å²) in [4.78, 5) is 8.71. The third kappa shape index (κ3) is 2.35. The second-order valence-corrected chi connectivity index (χ2v) is 4.54. The van der Waals surface area contributed by atoms with E-state index < -0.39 is 0 Å². The SMILES string of the molecule is CNCc1cncn1Cc1cccc2cccnc12. The lowest BCUT2D eigenvalue weighted by atomic mass is 10.1. The number of aromatic nitrogens is 3. The molecule has 3 rings (SSSR count). The van der Waals surface area contributed by atoms with Gasteiger partial charge in [-0.3, -0.25) is 4.98 Å². The molecule has 96 valence electrons. The van der Waals surface area contributed by atoms with Crippen molar-refractivity contribution in [3.63, 3.8) is 0 Å². The molecule has 0 bridgehead atoms. The van der Waals surface area contributed by atoms with Crippen molar-refractivity contribution in [2.45, 2.75) is 13.1 Å². The highest BCUT2D eigenvalue weighted by Crippen LogP contribution is 2.17. The third-order valence-electron chi connectivity index (χ3n) is 3.21. The number of hydrogen-bond donors (Lipinski definition) is 1. The summed E-state index contributed by atoms with van der Waals surface area (Å²) in [7, 11) is 1.94. The topological polar surface area (TPSA) is 42.7 Å². The highest BCUT2D eigenvalue weighted by Gasteiger charge is 2.05. The van der Waals surface area contributed by atoms with Crippen LogP contribution in [0.25, 0.3) is 10.9 Å². The Morgan fingerprint density at radius 3 is 3.00 bits per heavy atom. The summed E-state index contributed by atoms with van der Waals surface area (Å²) in [6, 6.07) is 10.4. The fourth-order valence-corrected chi connectivity index (χ4v) is 2.30. The zero-order valence-electron chi connectivity index (χ0n) is 10.9. The highest BCUT2D eigenvalue weighted by molar-refractivity contribution is 5.81. The Bertz CT molecular complexity index is 682. The van der Waals surface area contributed by atoms with Gasteiger partial charge in [-0.1, -0.05) is 24.3 Å². The van der Waals surface area contributed by atoms with Crippen molar-refractivity contribution in [3.8, 4) is 0 Å². The first-order valence-electron chi connectivity index (χ1n) is 6.34. The van der Waals surface area contributed by atoms with Crippen LogP contribution in [0.2, 0.25) is 0 Å². The molecule has 0 aliphatic heterocycles. The molecular weight excluding hydrogens is 236 g/mol. The molecule has 4 heteroatoms. The van der Waals surface area contributed by atoms with Gasteiger partial charge in [-0.2, -0.15) is 0 Å². The molecule has 19 heavy (non-hydrogen) atoms. The highest BCUT2D eigenvalue weighted by atomic mass is 15.1. The average molecular weight is 252 g/mol. The summed E-state index contributed by atoms with van der Waals surface area (Å²) < 4.78 is 2.15. The average Bonchev–Trinajstić information content (AvgIpc) is 2.87. The number of fused-ring (bicyclic) bond motifs is 1. The molecule has 3 aromatic rings. The lowest BCUT2D eigenvalue weighted by Gasteiger charge is -2.09. The molecule has 2 heterocycles. The van der Waals surface area contributed by atoms with Crippen LogP contribution in [-0.4, -0.2) is 21.6 Å². The molecule has 0 aliphatic rings. The van der Waals surface area contributed by atoms with Gasteiger partial charge in [0.15, 0.2) is 0 Å². The maximum Gasteiger partial charge on any atom is 0.0951 e. The second kappa shape index (κ2) is 5.20. The molecule has 0 unspecified atom stereocenters. The van der Waals surface area contributed by atoms with E-state index in [-0.39, 0.29) is 0 Å². The van der Waals surface area contributed by atoms with E-state index in [1.165, 1.54) is 16.6 Å². The Labute approximate surface area is 112 Å². The minimum atomic E-state index is 0.797. The van der Waals surface area contributed by atoms with Crippen LogP contribution in [0, 0.1) is 0 Å². The van der Waals surface area contributed by atoms with Crippen LogP contribution >= 0.6 is 0 Å². The van der Waals surface area contributed by atoms with E-state index in [0.717, 1.165) is 18.6 Å². The van der Waals surface area contributed by atoms with E-state index in [1.54, 1.807) is 0 Å². The number of pyridine rings is 1. The summed E-state index contributed by atoms with van der Waals surface area (Å²) in [5.41, 5.74) is 3.46. The van der Waals surface area contributed by atoms with E-state index in [1.807, 2.05) is 31.8 Å². The molecule has 0 saturated carbocycles. The molecule has 0 fully saturated rings. The van der Waals surface area contributed by atoms with Gasteiger partial charge < -0.3 is 9.88 Å². The largest absolute Gasteiger partial charge is 0.329 e. The van der Waals surface area contributed by atoms with E-state index in [4.69, 9.17) is 0 Å². The van der Waals surface area contributed by atoms with E-state index in [9.17, 15) is 0 Å². The zero-order valence-corrected chi connectivity index (χ0v) is 10.9. The fraction of sp³-hybridized carbons (Fsp3) is 0.200. The number of nitrogens with zero attached hydrogens (tertiary/aromatic N) is 3. The van der Waals surface area contributed by atoms with Crippen LogP contribution in [0.4, 0.5) is 0 Å². The number of hydrogen-bond acceptors (Lipinski definition) is 3. The number of para-hydroxylation sites is 1. The van der Waals surface area contributed by atoms with Crippen molar-refractivity contribution in [1.82, 2.24) is 19.9 Å². The first kappa shape index (κ1) is 11.9. The second-order valence-electron chi connectivity index (χ2n) is 4.54. The first-order chi connectivity index (χ1) is 9.38. The standard InChI is InChI=1S/C15H16N4/c1-16-8-14-9-17-11-19(14)10-13-5-2-4-12-6-3-7-18-15(12)13/h2-7,9,11,16H,8,10H2,1H3. The van der Waals surface area contributed by atoms with E-state index >= 15 is 0 Å². The number of imidazole rings is 1. The van der Waals surface area contributed by atoms with Crippen molar-refractivity contribution >= 4 is 10.9 Å². The molecule has 0 atom stereocenters. The van der Waals surface area contributed by atoms with E-state index in [2.05, 4.69) is 44.1 Å². The summed E-state index contributed by atoms with van der Waals surface area (Å²) in [5.74, 6) is 0. The van der Waals surface area contributed by atoms with Crippen LogP contribution in [0.3, 0.4) is 0 Å². The Hall–Kier alpha value is -2.20. The maximum atomic E-state index is 4.49. The van der Waals surface area contributed by atoms with Crippen molar-refractivity contribution in [3.05, 3.63) is 60.3 Å². The van der Waals surface area contributed by atoms with Gasteiger partial charge >= 0.3 is 0 Å². The normalized spacial score (nSPS) is 11.0. The van der Waals surface area contributed by atoms with Gasteiger partial charge in [0.1, 0.15) is 0 Å². The molecule has 0 spiro atoms. The van der Waals surface area contributed by atoms with Crippen LogP contribution in [0.5, 0.6) is 0 Å². The summed E-state index contributed by atoms with van der Waals surface area (Å²) in [6.07, 6.45) is 5.61. The minimum Gasteiger partial charge on any atom is -0.329 e. The van der Waals surface area contributed by atoms with Crippen LogP contribution in [-0.2, 0) is 13.1 Å². The van der Waals surface area contributed by atoms with Crippen molar-refractivity contribution in [2.24, 2.45) is 0 Å². The van der Waals surface area contributed by atoms with Gasteiger partial charge in [0, 0.05) is 24.3 Å². The Balaban J connectivity index is 1.99. The summed E-state index contributed by atoms with van der Waals surface area (Å²) in [6.45, 7) is 1.61. The molecule has 2 aromatic heterocycles. The molecular formula is C15H16N4. The van der Waals surface area contributed by atoms with Gasteiger partial charge in [0.2, 0.25) is 0 Å². The fourth-order valence-electron chi connectivity index (χ4n) is 2.30. The van der Waals surface area contributed by atoms with E-state index in [0.29, 0.717) is 0 Å². The first-order valence-corrected chi connectivity index (χ1v) is 6.34. The summed E-state index contributed by atoms with van der Waals surface area (Å²) >= 11 is 0. The number of benzene rings is 1. The molecule has 0 aliphatic carbocycles. The quantitative estimate of drug-likeness (QED) is 0.774. The molecule has 1 aromatic carbocycles. The lowest BCUT2D eigenvalue weighted by molar-refractivity contribution is 0.694. The van der Waals surface area contributed by atoms with Crippen molar-refractivity contribution in [2.75, 3.05) is 7.05 Å². The van der Waals surface area contributed by atoms with Gasteiger partial charge in [0.05, 0.1) is 24.1 Å². The smallest absolute Gasteiger partial charge is 0.0951 e. The maximum absolute atomic E-state index is 4.49. The summed E-state index contributed by atoms with van der Waals surface area (Å²) in [5, 5.41) is 4.33. The van der Waals surface area contributed by atoms with Gasteiger partial charge in [-0.25, -0.2) is 4.98 Å². The minimum absolute atomic E-state index is 0.797. The van der Waals surface area contributed by atoms with Gasteiger partial charge in [-0.05, 0) is 18.7 Å². The Kier molecular flexibility index (Phi) is 3.25. The van der Waals surface area contributed by atoms with Gasteiger partial charge in [0.25, 0.3) is 0 Å². The zero-order chi connectivity index (χ0) is 13.1. The molecule has 0 amide bonds. The molecule has 0 saturated heterocycles.